The van der Waals surface area contributed by atoms with E-state index >= 15 is 0 Å². The molecule has 0 saturated heterocycles. The fourth-order valence-corrected chi connectivity index (χ4v) is 3.54. The van der Waals surface area contributed by atoms with Crippen LogP contribution >= 0.6 is 11.3 Å². The molecule has 1 atom stereocenters. The van der Waals surface area contributed by atoms with Crippen molar-refractivity contribution in [1.82, 2.24) is 4.98 Å². The number of rotatable bonds is 5. The number of aliphatic hydroxyl groups is 1. The van der Waals surface area contributed by atoms with Gasteiger partial charge >= 0.3 is 0 Å². The molecule has 1 aliphatic rings. The minimum atomic E-state index is -0.462. The van der Waals surface area contributed by atoms with E-state index in [9.17, 15) is 5.11 Å². The van der Waals surface area contributed by atoms with E-state index in [4.69, 9.17) is 4.74 Å². The number of benzene rings is 1. The fourth-order valence-electron chi connectivity index (χ4n) is 2.70. The van der Waals surface area contributed by atoms with Crippen LogP contribution in [0.5, 0.6) is 0 Å². The van der Waals surface area contributed by atoms with Crippen molar-refractivity contribution < 1.29 is 9.84 Å². The highest BCUT2D eigenvalue weighted by atomic mass is 32.1. The number of aromatic nitrogens is 1. The molecular weight excluding hydrogens is 270 g/mol. The third kappa shape index (κ3) is 2.51. The van der Waals surface area contributed by atoms with Crippen LogP contribution in [0.2, 0.25) is 0 Å². The summed E-state index contributed by atoms with van der Waals surface area (Å²) >= 11 is 1.61. The number of hydrogen-bond donors (Lipinski definition) is 1. The summed E-state index contributed by atoms with van der Waals surface area (Å²) in [5, 5.41) is 13.4. The number of ether oxygens (including phenoxy) is 1. The maximum atomic E-state index is 10.4. The molecule has 4 heteroatoms. The largest absolute Gasteiger partial charge is 0.390 e. The summed E-state index contributed by atoms with van der Waals surface area (Å²) in [5.74, 6) is 0. The first-order valence-electron chi connectivity index (χ1n) is 6.96. The molecule has 1 aromatic carbocycles. The van der Waals surface area contributed by atoms with Gasteiger partial charge in [-0.25, -0.2) is 4.98 Å². The van der Waals surface area contributed by atoms with Crippen LogP contribution in [0, 0.1) is 0 Å². The first kappa shape index (κ1) is 13.7. The maximum absolute atomic E-state index is 10.4. The lowest BCUT2D eigenvalue weighted by molar-refractivity contribution is -0.148. The Morgan fingerprint density at radius 1 is 1.35 bits per heavy atom. The monoisotopic (exact) mass is 289 g/mol. The predicted molar refractivity (Wildman–Crippen MR) is 80.9 cm³/mol. The van der Waals surface area contributed by atoms with Gasteiger partial charge < -0.3 is 9.84 Å². The van der Waals surface area contributed by atoms with Crippen molar-refractivity contribution >= 4 is 11.3 Å². The Labute approximate surface area is 123 Å². The van der Waals surface area contributed by atoms with Gasteiger partial charge in [0.15, 0.2) is 0 Å². The van der Waals surface area contributed by atoms with Gasteiger partial charge in [-0.1, -0.05) is 30.3 Å². The number of nitrogens with zero attached hydrogens (tertiary/aromatic N) is 1. The van der Waals surface area contributed by atoms with Crippen LogP contribution in [0.25, 0.3) is 11.3 Å². The van der Waals surface area contributed by atoms with Crippen molar-refractivity contribution in [1.29, 1.82) is 0 Å². The zero-order chi connectivity index (χ0) is 14.0. The Hall–Kier alpha value is -1.23. The van der Waals surface area contributed by atoms with Crippen LogP contribution in [-0.4, -0.2) is 28.9 Å². The Morgan fingerprint density at radius 3 is 2.70 bits per heavy atom. The lowest BCUT2D eigenvalue weighted by atomic mass is 9.75. The van der Waals surface area contributed by atoms with Gasteiger partial charge in [0, 0.05) is 24.5 Å². The molecule has 1 unspecified atom stereocenters. The van der Waals surface area contributed by atoms with E-state index in [2.05, 4.69) is 22.5 Å². The van der Waals surface area contributed by atoms with Gasteiger partial charge in [-0.05, 0) is 19.3 Å². The maximum Gasteiger partial charge on any atom is 0.0959 e. The summed E-state index contributed by atoms with van der Waals surface area (Å²) in [6.07, 6.45) is 3.14. The SMILES string of the molecule is COC1(C(O)Cc2nc(-c3ccccc3)cs2)CCC1. The Bertz CT molecular complexity index is 557. The minimum Gasteiger partial charge on any atom is -0.390 e. The van der Waals surface area contributed by atoms with Gasteiger partial charge in [0.25, 0.3) is 0 Å². The molecule has 0 spiro atoms. The van der Waals surface area contributed by atoms with Crippen LogP contribution in [0.15, 0.2) is 35.7 Å². The van der Waals surface area contributed by atoms with Crippen LogP contribution in [0.4, 0.5) is 0 Å². The van der Waals surface area contributed by atoms with Crippen LogP contribution < -0.4 is 0 Å². The summed E-state index contributed by atoms with van der Waals surface area (Å²) in [7, 11) is 1.69. The zero-order valence-electron chi connectivity index (χ0n) is 11.6. The second kappa shape index (κ2) is 5.64. The van der Waals surface area contributed by atoms with Crippen molar-refractivity contribution in [2.24, 2.45) is 0 Å². The molecule has 1 fully saturated rings. The second-order valence-electron chi connectivity index (χ2n) is 5.33. The average Bonchev–Trinajstić information content (AvgIpc) is 2.88. The normalized spacial score (nSPS) is 18.5. The summed E-state index contributed by atoms with van der Waals surface area (Å²) < 4.78 is 5.53. The Balaban J connectivity index is 1.71. The highest BCUT2D eigenvalue weighted by Crippen LogP contribution is 2.39. The standard InChI is InChI=1S/C16H19NO2S/c1-19-16(8-5-9-16)14(18)10-15-17-13(11-20-15)12-6-3-2-4-7-12/h2-4,6-7,11,14,18H,5,8-10H2,1H3. The molecule has 0 radical (unpaired) electrons. The molecule has 3 rings (SSSR count). The molecule has 1 aliphatic carbocycles. The molecule has 2 aromatic rings. The zero-order valence-corrected chi connectivity index (χ0v) is 12.4. The van der Waals surface area contributed by atoms with Gasteiger partial charge in [-0.3, -0.25) is 0 Å². The number of methoxy groups -OCH3 is 1. The molecule has 106 valence electrons. The first-order chi connectivity index (χ1) is 9.73. The highest BCUT2D eigenvalue weighted by molar-refractivity contribution is 7.09. The second-order valence-corrected chi connectivity index (χ2v) is 6.28. The first-order valence-corrected chi connectivity index (χ1v) is 7.84. The van der Waals surface area contributed by atoms with Crippen molar-refractivity contribution in [3.63, 3.8) is 0 Å². The lowest BCUT2D eigenvalue weighted by Crippen LogP contribution is -2.50. The molecule has 0 aliphatic heterocycles. The molecule has 3 nitrogen and oxygen atoms in total. The smallest absolute Gasteiger partial charge is 0.0959 e. The van der Waals surface area contributed by atoms with E-state index in [0.29, 0.717) is 6.42 Å². The summed E-state index contributed by atoms with van der Waals surface area (Å²) in [5.41, 5.74) is 1.77. The number of hydrogen-bond acceptors (Lipinski definition) is 4. The molecule has 1 heterocycles. The summed E-state index contributed by atoms with van der Waals surface area (Å²) in [4.78, 5) is 4.63. The third-order valence-corrected chi connectivity index (χ3v) is 5.07. The fraction of sp³-hybridized carbons (Fsp3) is 0.438. The van der Waals surface area contributed by atoms with Crippen molar-refractivity contribution in [2.75, 3.05) is 7.11 Å². The topological polar surface area (TPSA) is 42.4 Å². The van der Waals surface area contributed by atoms with Crippen molar-refractivity contribution in [2.45, 2.75) is 37.4 Å². The lowest BCUT2D eigenvalue weighted by Gasteiger charge is -2.43. The number of aliphatic hydroxyl groups excluding tert-OH is 1. The van der Waals surface area contributed by atoms with E-state index in [0.717, 1.165) is 35.5 Å². The van der Waals surface area contributed by atoms with Gasteiger partial charge in [-0.15, -0.1) is 11.3 Å². The number of thiazole rings is 1. The van der Waals surface area contributed by atoms with Gasteiger partial charge in [0.1, 0.15) is 0 Å². The quantitative estimate of drug-likeness (QED) is 0.918. The van der Waals surface area contributed by atoms with Crippen LogP contribution in [0.3, 0.4) is 0 Å². The Kier molecular flexibility index (Phi) is 3.87. The molecule has 0 amide bonds. The van der Waals surface area contributed by atoms with Crippen LogP contribution in [0.1, 0.15) is 24.3 Å². The van der Waals surface area contributed by atoms with Crippen molar-refractivity contribution in [3.05, 3.63) is 40.7 Å². The van der Waals surface area contributed by atoms with E-state index in [-0.39, 0.29) is 5.60 Å². The predicted octanol–water partition coefficient (Wildman–Crippen LogP) is 3.28. The van der Waals surface area contributed by atoms with E-state index in [1.54, 1.807) is 18.4 Å². The Morgan fingerprint density at radius 2 is 2.10 bits per heavy atom. The van der Waals surface area contributed by atoms with E-state index in [1.807, 2.05) is 18.2 Å². The van der Waals surface area contributed by atoms with Crippen LogP contribution in [-0.2, 0) is 11.2 Å². The molecule has 0 bridgehead atoms. The van der Waals surface area contributed by atoms with E-state index in [1.165, 1.54) is 0 Å². The third-order valence-electron chi connectivity index (χ3n) is 4.20. The van der Waals surface area contributed by atoms with E-state index < -0.39 is 6.10 Å². The summed E-state index contributed by atoms with van der Waals surface area (Å²) in [6.45, 7) is 0. The highest BCUT2D eigenvalue weighted by Gasteiger charge is 2.43. The molecule has 20 heavy (non-hydrogen) atoms. The molecule has 1 aromatic heterocycles. The van der Waals surface area contributed by atoms with Gasteiger partial charge in [0.2, 0.25) is 0 Å². The molecule has 1 saturated carbocycles. The van der Waals surface area contributed by atoms with Gasteiger partial charge in [0.05, 0.1) is 22.4 Å². The van der Waals surface area contributed by atoms with Gasteiger partial charge in [-0.2, -0.15) is 0 Å². The molecular formula is C16H19NO2S. The minimum absolute atomic E-state index is 0.335. The summed E-state index contributed by atoms with van der Waals surface area (Å²) in [6, 6.07) is 10.1. The average molecular weight is 289 g/mol. The molecule has 1 N–H and O–H groups in total. The van der Waals surface area contributed by atoms with Crippen molar-refractivity contribution in [3.8, 4) is 11.3 Å².